The summed E-state index contributed by atoms with van der Waals surface area (Å²) in [6.45, 7) is 4.49. The van der Waals surface area contributed by atoms with Gasteiger partial charge < -0.3 is 24.0 Å². The van der Waals surface area contributed by atoms with E-state index in [9.17, 15) is 9.59 Å². The number of anilines is 1. The zero-order chi connectivity index (χ0) is 22.7. The number of carbonyl (C=O) groups is 2. The number of methoxy groups -OCH3 is 2. The standard InChI is InChI=1S/C23H28N4O5/c1-4-32-23(29)27-9-7-26(8-10-27)22-24-14-17-18(25-22)11-16(12-19(17)28)15-5-6-20(30-2)21(13-15)31-3/h5-6,13-14,16H,4,7-12H2,1-3H3. The molecule has 0 spiro atoms. The Kier molecular flexibility index (Phi) is 6.43. The van der Waals surface area contributed by atoms with Gasteiger partial charge in [0.1, 0.15) is 0 Å². The van der Waals surface area contributed by atoms with Crippen LogP contribution >= 0.6 is 0 Å². The molecule has 4 rings (SSSR count). The third-order valence-electron chi connectivity index (χ3n) is 5.99. The number of nitrogens with zero attached hydrogens (tertiary/aromatic N) is 4. The van der Waals surface area contributed by atoms with Crippen LogP contribution in [-0.2, 0) is 11.2 Å². The number of aromatic nitrogens is 2. The molecule has 1 aliphatic carbocycles. The van der Waals surface area contributed by atoms with Crippen LogP contribution in [0.3, 0.4) is 0 Å². The predicted octanol–water partition coefficient (Wildman–Crippen LogP) is 2.69. The molecule has 2 aromatic rings. The summed E-state index contributed by atoms with van der Waals surface area (Å²) in [5, 5.41) is 0. The van der Waals surface area contributed by atoms with E-state index in [0.717, 1.165) is 11.3 Å². The fourth-order valence-corrected chi connectivity index (χ4v) is 4.23. The first-order valence-corrected chi connectivity index (χ1v) is 10.8. The van der Waals surface area contributed by atoms with E-state index < -0.39 is 0 Å². The van der Waals surface area contributed by atoms with Crippen LogP contribution in [0.25, 0.3) is 0 Å². The number of carbonyl (C=O) groups excluding carboxylic acids is 2. The molecule has 1 unspecified atom stereocenters. The molecule has 1 aliphatic heterocycles. The zero-order valence-corrected chi connectivity index (χ0v) is 18.7. The lowest BCUT2D eigenvalue weighted by atomic mass is 9.82. The molecule has 1 saturated heterocycles. The van der Waals surface area contributed by atoms with Crippen LogP contribution in [0, 0.1) is 0 Å². The Morgan fingerprint density at radius 3 is 2.53 bits per heavy atom. The van der Waals surface area contributed by atoms with Crippen molar-refractivity contribution in [1.29, 1.82) is 0 Å². The Bertz CT molecular complexity index is 1000. The Balaban J connectivity index is 1.51. The number of Topliss-reactive ketones (excluding diaryl/α,β-unsaturated/α-hetero) is 1. The van der Waals surface area contributed by atoms with Gasteiger partial charge in [0.15, 0.2) is 17.3 Å². The lowest BCUT2D eigenvalue weighted by molar-refractivity contribution is 0.0961. The van der Waals surface area contributed by atoms with Gasteiger partial charge in [-0.05, 0) is 37.0 Å². The van der Waals surface area contributed by atoms with Crippen molar-refractivity contribution in [3.63, 3.8) is 0 Å². The third-order valence-corrected chi connectivity index (χ3v) is 5.99. The molecule has 1 fully saturated rings. The van der Waals surface area contributed by atoms with Crippen LogP contribution in [-0.4, -0.2) is 73.7 Å². The number of hydrogen-bond donors (Lipinski definition) is 0. The maximum absolute atomic E-state index is 12.8. The van der Waals surface area contributed by atoms with Gasteiger partial charge in [-0.15, -0.1) is 0 Å². The highest BCUT2D eigenvalue weighted by Crippen LogP contribution is 2.36. The molecule has 170 valence electrons. The minimum atomic E-state index is -0.290. The van der Waals surface area contributed by atoms with Crippen LogP contribution in [0.4, 0.5) is 10.7 Å². The lowest BCUT2D eigenvalue weighted by Gasteiger charge is -2.34. The van der Waals surface area contributed by atoms with Crippen LogP contribution in [0.5, 0.6) is 11.5 Å². The Labute approximate surface area is 187 Å². The van der Waals surface area contributed by atoms with Gasteiger partial charge in [0.2, 0.25) is 5.95 Å². The summed E-state index contributed by atoms with van der Waals surface area (Å²) in [5.41, 5.74) is 2.37. The topological polar surface area (TPSA) is 94.1 Å². The second-order valence-corrected chi connectivity index (χ2v) is 7.85. The maximum Gasteiger partial charge on any atom is 0.409 e. The Hall–Kier alpha value is -3.36. The molecular formula is C23H28N4O5. The second-order valence-electron chi connectivity index (χ2n) is 7.85. The van der Waals surface area contributed by atoms with Crippen molar-refractivity contribution in [3.8, 4) is 11.5 Å². The van der Waals surface area contributed by atoms with E-state index >= 15 is 0 Å². The van der Waals surface area contributed by atoms with E-state index in [0.29, 0.717) is 68.6 Å². The van der Waals surface area contributed by atoms with Crippen molar-refractivity contribution in [1.82, 2.24) is 14.9 Å². The first kappa shape index (κ1) is 21.9. The smallest absolute Gasteiger partial charge is 0.409 e. The number of ether oxygens (including phenoxy) is 3. The molecule has 1 aromatic heterocycles. The normalized spacial score (nSPS) is 18.2. The number of rotatable bonds is 5. The monoisotopic (exact) mass is 440 g/mol. The summed E-state index contributed by atoms with van der Waals surface area (Å²) in [7, 11) is 3.20. The highest BCUT2D eigenvalue weighted by atomic mass is 16.6. The van der Waals surface area contributed by atoms with E-state index in [1.807, 2.05) is 23.1 Å². The summed E-state index contributed by atoms with van der Waals surface area (Å²) in [6, 6.07) is 5.77. The molecule has 1 aromatic carbocycles. The van der Waals surface area contributed by atoms with E-state index in [-0.39, 0.29) is 17.8 Å². The average Bonchev–Trinajstić information content (AvgIpc) is 2.83. The van der Waals surface area contributed by atoms with Crippen LogP contribution in [0.2, 0.25) is 0 Å². The van der Waals surface area contributed by atoms with Gasteiger partial charge in [0, 0.05) is 38.8 Å². The number of amides is 1. The number of ketones is 1. The quantitative estimate of drug-likeness (QED) is 0.701. The fourth-order valence-electron chi connectivity index (χ4n) is 4.23. The molecule has 2 heterocycles. The molecule has 9 nitrogen and oxygen atoms in total. The highest BCUT2D eigenvalue weighted by Gasteiger charge is 2.30. The van der Waals surface area contributed by atoms with E-state index in [2.05, 4.69) is 4.98 Å². The van der Waals surface area contributed by atoms with Gasteiger partial charge in [-0.3, -0.25) is 4.79 Å². The molecule has 0 radical (unpaired) electrons. The van der Waals surface area contributed by atoms with Crippen LogP contribution in [0.15, 0.2) is 24.4 Å². The number of hydrogen-bond acceptors (Lipinski definition) is 8. The number of benzene rings is 1. The molecular weight excluding hydrogens is 412 g/mol. The summed E-state index contributed by atoms with van der Waals surface area (Å²) in [4.78, 5) is 37.7. The first-order valence-electron chi connectivity index (χ1n) is 10.8. The average molecular weight is 441 g/mol. The summed E-state index contributed by atoms with van der Waals surface area (Å²) < 4.78 is 15.8. The number of fused-ring (bicyclic) bond motifs is 1. The molecule has 0 saturated carbocycles. The van der Waals surface area contributed by atoms with Gasteiger partial charge in [0.05, 0.1) is 32.1 Å². The van der Waals surface area contributed by atoms with Crippen molar-refractivity contribution in [2.24, 2.45) is 0 Å². The lowest BCUT2D eigenvalue weighted by Crippen LogP contribution is -2.49. The van der Waals surface area contributed by atoms with Crippen LogP contribution < -0.4 is 14.4 Å². The van der Waals surface area contributed by atoms with Gasteiger partial charge in [-0.1, -0.05) is 6.07 Å². The maximum atomic E-state index is 12.8. The van der Waals surface area contributed by atoms with Gasteiger partial charge in [-0.2, -0.15) is 0 Å². The zero-order valence-electron chi connectivity index (χ0n) is 18.7. The van der Waals surface area contributed by atoms with E-state index in [1.165, 1.54) is 0 Å². The van der Waals surface area contributed by atoms with Crippen molar-refractivity contribution in [2.45, 2.75) is 25.7 Å². The minimum absolute atomic E-state index is 0.0122. The largest absolute Gasteiger partial charge is 0.493 e. The Morgan fingerprint density at radius 2 is 1.84 bits per heavy atom. The minimum Gasteiger partial charge on any atom is -0.493 e. The third kappa shape index (κ3) is 4.32. The molecule has 2 aliphatic rings. The SMILES string of the molecule is CCOC(=O)N1CCN(c2ncc3c(n2)CC(c2ccc(OC)c(OC)c2)CC3=O)CC1. The van der Waals surface area contributed by atoms with Crippen LogP contribution in [0.1, 0.15) is 40.9 Å². The van der Waals surface area contributed by atoms with Gasteiger partial charge >= 0.3 is 6.09 Å². The van der Waals surface area contributed by atoms with Gasteiger partial charge in [-0.25, -0.2) is 14.8 Å². The van der Waals surface area contributed by atoms with Gasteiger partial charge in [0.25, 0.3) is 0 Å². The van der Waals surface area contributed by atoms with E-state index in [4.69, 9.17) is 19.2 Å². The molecule has 32 heavy (non-hydrogen) atoms. The first-order chi connectivity index (χ1) is 15.5. The molecule has 1 atom stereocenters. The Morgan fingerprint density at radius 1 is 1.09 bits per heavy atom. The highest BCUT2D eigenvalue weighted by molar-refractivity contribution is 5.98. The van der Waals surface area contributed by atoms with Crippen molar-refractivity contribution in [3.05, 3.63) is 41.2 Å². The van der Waals surface area contributed by atoms with E-state index in [1.54, 1.807) is 32.2 Å². The summed E-state index contributed by atoms with van der Waals surface area (Å²) in [6.07, 6.45) is 2.41. The summed E-state index contributed by atoms with van der Waals surface area (Å²) in [5.74, 6) is 1.95. The second kappa shape index (κ2) is 9.42. The molecule has 0 N–H and O–H groups in total. The molecule has 0 bridgehead atoms. The molecule has 1 amide bonds. The molecule has 9 heteroatoms. The van der Waals surface area contributed by atoms with Crippen molar-refractivity contribution >= 4 is 17.8 Å². The van der Waals surface area contributed by atoms with Crippen molar-refractivity contribution < 1.29 is 23.8 Å². The van der Waals surface area contributed by atoms with Crippen molar-refractivity contribution in [2.75, 3.05) is 51.9 Å². The summed E-state index contributed by atoms with van der Waals surface area (Å²) >= 11 is 0. The number of piperazine rings is 1. The predicted molar refractivity (Wildman–Crippen MR) is 118 cm³/mol. The fraction of sp³-hybridized carbons (Fsp3) is 0.478.